The van der Waals surface area contributed by atoms with Crippen molar-refractivity contribution in [2.75, 3.05) is 5.32 Å². The second kappa shape index (κ2) is 6.57. The van der Waals surface area contributed by atoms with Gasteiger partial charge in [-0.25, -0.2) is 0 Å². The summed E-state index contributed by atoms with van der Waals surface area (Å²) in [6.45, 7) is 0. The Morgan fingerprint density at radius 1 is 1.04 bits per heavy atom. The van der Waals surface area contributed by atoms with Crippen molar-refractivity contribution in [1.82, 2.24) is 10.2 Å². The minimum Gasteiger partial charge on any atom is -0.373 e. The Balaban J connectivity index is 2.09. The van der Waals surface area contributed by atoms with Gasteiger partial charge in [0.05, 0.1) is 28.5 Å². The second-order valence-corrected chi connectivity index (χ2v) is 5.58. The number of halogens is 4. The minimum absolute atomic E-state index is 0.103. The quantitative estimate of drug-likeness (QED) is 0.671. The predicted octanol–water partition coefficient (Wildman–Crippen LogP) is 5.28. The highest BCUT2D eigenvalue weighted by Gasteiger charge is 2.35. The van der Waals surface area contributed by atoms with Crippen LogP contribution < -0.4 is 5.32 Å². The number of para-hydroxylation sites is 1. The molecule has 0 spiro atoms. The molecule has 1 aromatic heterocycles. The van der Waals surface area contributed by atoms with E-state index in [1.54, 1.807) is 36.5 Å². The van der Waals surface area contributed by atoms with Gasteiger partial charge in [-0.1, -0.05) is 41.9 Å². The van der Waals surface area contributed by atoms with Crippen LogP contribution >= 0.6 is 11.6 Å². The molecule has 3 nitrogen and oxygen atoms in total. The molecule has 24 heavy (non-hydrogen) atoms. The van der Waals surface area contributed by atoms with E-state index in [1.165, 1.54) is 18.3 Å². The molecule has 0 radical (unpaired) electrons. The van der Waals surface area contributed by atoms with Crippen LogP contribution in [-0.2, 0) is 6.18 Å². The summed E-state index contributed by atoms with van der Waals surface area (Å²) in [7, 11) is 0. The standard InChI is InChI=1S/C17H13ClF3N3/c18-14-7-3-4-8-15(14)24-16(11-9-22-23-10-11)12-5-1-2-6-13(12)17(19,20)21/h1-10,16,24H,(H,22,23). The first-order valence-corrected chi connectivity index (χ1v) is 7.50. The molecule has 2 N–H and O–H groups in total. The zero-order valence-electron chi connectivity index (χ0n) is 12.3. The minimum atomic E-state index is -4.46. The van der Waals surface area contributed by atoms with Gasteiger partial charge in [0.1, 0.15) is 0 Å². The average molecular weight is 352 g/mol. The Morgan fingerprint density at radius 3 is 2.42 bits per heavy atom. The summed E-state index contributed by atoms with van der Waals surface area (Å²) in [6, 6.07) is 11.6. The van der Waals surface area contributed by atoms with E-state index < -0.39 is 17.8 Å². The number of aromatic amines is 1. The lowest BCUT2D eigenvalue weighted by Crippen LogP contribution is -2.18. The van der Waals surface area contributed by atoms with Crippen LogP contribution in [0.2, 0.25) is 5.02 Å². The van der Waals surface area contributed by atoms with Crippen molar-refractivity contribution in [2.45, 2.75) is 12.2 Å². The Hall–Kier alpha value is -2.47. The van der Waals surface area contributed by atoms with E-state index in [0.29, 0.717) is 16.3 Å². The third-order valence-corrected chi connectivity index (χ3v) is 3.93. The Morgan fingerprint density at radius 2 is 1.75 bits per heavy atom. The fourth-order valence-corrected chi connectivity index (χ4v) is 2.69. The van der Waals surface area contributed by atoms with Crippen molar-refractivity contribution in [1.29, 1.82) is 0 Å². The van der Waals surface area contributed by atoms with Crippen LogP contribution in [0.1, 0.15) is 22.7 Å². The molecule has 0 saturated carbocycles. The molecular formula is C17H13ClF3N3. The molecule has 0 aliphatic carbocycles. The SMILES string of the molecule is FC(F)(F)c1ccccc1C(Nc1ccccc1Cl)c1cn[nH]c1. The first kappa shape index (κ1) is 16.4. The van der Waals surface area contributed by atoms with Gasteiger partial charge in [-0.05, 0) is 23.8 Å². The molecule has 1 unspecified atom stereocenters. The number of aromatic nitrogens is 2. The first-order chi connectivity index (χ1) is 11.5. The maximum absolute atomic E-state index is 13.4. The first-order valence-electron chi connectivity index (χ1n) is 7.12. The van der Waals surface area contributed by atoms with Crippen LogP contribution in [0, 0.1) is 0 Å². The topological polar surface area (TPSA) is 40.7 Å². The van der Waals surface area contributed by atoms with Gasteiger partial charge in [0.2, 0.25) is 0 Å². The Labute approximate surface area is 141 Å². The molecule has 0 fully saturated rings. The lowest BCUT2D eigenvalue weighted by Gasteiger charge is -2.23. The summed E-state index contributed by atoms with van der Waals surface area (Å²) >= 11 is 6.14. The highest BCUT2D eigenvalue weighted by Crippen LogP contribution is 2.38. The van der Waals surface area contributed by atoms with Crippen LogP contribution in [0.3, 0.4) is 0 Å². The molecule has 1 atom stereocenters. The monoisotopic (exact) mass is 351 g/mol. The molecule has 0 amide bonds. The van der Waals surface area contributed by atoms with E-state index in [1.807, 2.05) is 0 Å². The number of nitrogens with zero attached hydrogens (tertiary/aromatic N) is 1. The van der Waals surface area contributed by atoms with Gasteiger partial charge >= 0.3 is 6.18 Å². The van der Waals surface area contributed by atoms with Gasteiger partial charge in [0, 0.05) is 11.8 Å². The molecule has 1 heterocycles. The molecule has 0 aliphatic rings. The summed E-state index contributed by atoms with van der Waals surface area (Å²) in [5.41, 5.74) is 0.524. The van der Waals surface area contributed by atoms with Gasteiger partial charge in [-0.15, -0.1) is 0 Å². The number of H-pyrrole nitrogens is 1. The second-order valence-electron chi connectivity index (χ2n) is 5.17. The van der Waals surface area contributed by atoms with Gasteiger partial charge in [0.15, 0.2) is 0 Å². The third kappa shape index (κ3) is 3.38. The van der Waals surface area contributed by atoms with E-state index in [2.05, 4.69) is 15.5 Å². The molecule has 7 heteroatoms. The van der Waals surface area contributed by atoms with Crippen molar-refractivity contribution < 1.29 is 13.2 Å². The van der Waals surface area contributed by atoms with Crippen LogP contribution in [0.15, 0.2) is 60.9 Å². The molecule has 2 aromatic carbocycles. The molecule has 3 aromatic rings. The summed E-state index contributed by atoms with van der Waals surface area (Å²) in [5, 5.41) is 9.99. The fraction of sp³-hybridized carbons (Fsp3) is 0.118. The molecule has 0 aliphatic heterocycles. The maximum atomic E-state index is 13.4. The number of hydrogen-bond donors (Lipinski definition) is 2. The zero-order valence-corrected chi connectivity index (χ0v) is 13.1. The normalized spacial score (nSPS) is 12.8. The van der Waals surface area contributed by atoms with Crippen molar-refractivity contribution in [3.63, 3.8) is 0 Å². The lowest BCUT2D eigenvalue weighted by molar-refractivity contribution is -0.138. The largest absolute Gasteiger partial charge is 0.416 e. The number of benzene rings is 2. The smallest absolute Gasteiger partial charge is 0.373 e. The van der Waals surface area contributed by atoms with Gasteiger partial charge < -0.3 is 5.32 Å². The lowest BCUT2D eigenvalue weighted by atomic mass is 9.95. The third-order valence-electron chi connectivity index (χ3n) is 3.60. The van der Waals surface area contributed by atoms with Crippen LogP contribution in [0.4, 0.5) is 18.9 Å². The summed E-state index contributed by atoms with van der Waals surface area (Å²) < 4.78 is 40.2. The van der Waals surface area contributed by atoms with Gasteiger partial charge in [-0.3, -0.25) is 5.10 Å². The van der Waals surface area contributed by atoms with E-state index in [-0.39, 0.29) is 5.56 Å². The van der Waals surface area contributed by atoms with E-state index in [4.69, 9.17) is 11.6 Å². The molecular weight excluding hydrogens is 339 g/mol. The number of hydrogen-bond acceptors (Lipinski definition) is 2. The average Bonchev–Trinajstić information content (AvgIpc) is 3.07. The number of anilines is 1. The van der Waals surface area contributed by atoms with Crippen molar-refractivity contribution in [3.05, 3.63) is 82.6 Å². The van der Waals surface area contributed by atoms with Crippen LogP contribution in [0.5, 0.6) is 0 Å². The van der Waals surface area contributed by atoms with Crippen molar-refractivity contribution in [3.8, 4) is 0 Å². The van der Waals surface area contributed by atoms with Crippen LogP contribution in [0.25, 0.3) is 0 Å². The Kier molecular flexibility index (Phi) is 4.49. The molecule has 0 bridgehead atoms. The van der Waals surface area contributed by atoms with E-state index in [0.717, 1.165) is 6.07 Å². The fourth-order valence-electron chi connectivity index (χ4n) is 2.50. The number of alkyl halides is 3. The van der Waals surface area contributed by atoms with Gasteiger partial charge in [-0.2, -0.15) is 18.3 Å². The van der Waals surface area contributed by atoms with E-state index in [9.17, 15) is 13.2 Å². The van der Waals surface area contributed by atoms with Crippen molar-refractivity contribution >= 4 is 17.3 Å². The number of rotatable bonds is 4. The summed E-state index contributed by atoms with van der Waals surface area (Å²) in [4.78, 5) is 0. The molecule has 124 valence electrons. The van der Waals surface area contributed by atoms with Crippen LogP contribution in [-0.4, -0.2) is 10.2 Å². The number of nitrogens with one attached hydrogen (secondary N) is 2. The Bertz CT molecular complexity index is 816. The molecule has 3 rings (SSSR count). The van der Waals surface area contributed by atoms with Gasteiger partial charge in [0.25, 0.3) is 0 Å². The maximum Gasteiger partial charge on any atom is 0.416 e. The van der Waals surface area contributed by atoms with E-state index >= 15 is 0 Å². The molecule has 0 saturated heterocycles. The predicted molar refractivity (Wildman–Crippen MR) is 86.9 cm³/mol. The zero-order chi connectivity index (χ0) is 17.2. The summed E-state index contributed by atoms with van der Waals surface area (Å²) in [5.74, 6) is 0. The highest BCUT2D eigenvalue weighted by atomic mass is 35.5. The summed E-state index contributed by atoms with van der Waals surface area (Å²) in [6.07, 6.45) is -1.41. The van der Waals surface area contributed by atoms with Crippen molar-refractivity contribution in [2.24, 2.45) is 0 Å². The highest BCUT2D eigenvalue weighted by molar-refractivity contribution is 6.33.